The van der Waals surface area contributed by atoms with Crippen molar-refractivity contribution in [3.63, 3.8) is 0 Å². The van der Waals surface area contributed by atoms with Crippen molar-refractivity contribution in [2.24, 2.45) is 0 Å². The summed E-state index contributed by atoms with van der Waals surface area (Å²) in [5, 5.41) is -1.33. The molecule has 3 rings (SSSR count). The molecule has 0 spiro atoms. The van der Waals surface area contributed by atoms with Gasteiger partial charge in [0.1, 0.15) is 27.5 Å². The van der Waals surface area contributed by atoms with Gasteiger partial charge in [-0.15, -0.1) is 0 Å². The zero-order valence-corrected chi connectivity index (χ0v) is 17.8. The summed E-state index contributed by atoms with van der Waals surface area (Å²) >= 11 is 0. The smallest absolute Gasteiger partial charge is 0.244 e. The summed E-state index contributed by atoms with van der Waals surface area (Å²) in [6, 6.07) is 12.2. The molecule has 0 aliphatic heterocycles. The van der Waals surface area contributed by atoms with Gasteiger partial charge in [-0.2, -0.15) is 0 Å². The summed E-state index contributed by atoms with van der Waals surface area (Å²) in [4.78, 5) is -0.409. The highest BCUT2D eigenvalue weighted by atomic mass is 32.2. The molecule has 0 aliphatic carbocycles. The molecule has 7 nitrogen and oxygen atoms in total. The van der Waals surface area contributed by atoms with Gasteiger partial charge in [-0.05, 0) is 49.4 Å². The standard InChI is InChI=1S/C20H20FNO6S2/c1-14-5-8-16(9-6-14)29(23,24)20(18-4-3-11-28-18)13-22-30(25,26)19-12-15(21)7-10-17(19)27-2/h3-12,20,22H,13H2,1-2H3/t20-/m0/s1. The molecule has 0 saturated carbocycles. The predicted octanol–water partition coefficient (Wildman–Crippen LogP) is 3.23. The van der Waals surface area contributed by atoms with Crippen molar-refractivity contribution in [2.75, 3.05) is 13.7 Å². The van der Waals surface area contributed by atoms with Crippen molar-refractivity contribution in [1.29, 1.82) is 0 Å². The van der Waals surface area contributed by atoms with Crippen LogP contribution in [0.3, 0.4) is 0 Å². The van der Waals surface area contributed by atoms with Crippen LogP contribution in [0.15, 0.2) is 75.1 Å². The molecular weight excluding hydrogens is 433 g/mol. The van der Waals surface area contributed by atoms with Crippen LogP contribution >= 0.6 is 0 Å². The maximum Gasteiger partial charge on any atom is 0.244 e. The lowest BCUT2D eigenvalue weighted by Gasteiger charge is -2.17. The Morgan fingerprint density at radius 2 is 1.77 bits per heavy atom. The van der Waals surface area contributed by atoms with E-state index in [0.717, 1.165) is 17.7 Å². The van der Waals surface area contributed by atoms with Gasteiger partial charge >= 0.3 is 0 Å². The van der Waals surface area contributed by atoms with E-state index >= 15 is 0 Å². The lowest BCUT2D eigenvalue weighted by molar-refractivity contribution is 0.400. The van der Waals surface area contributed by atoms with Gasteiger partial charge in [-0.25, -0.2) is 25.9 Å². The van der Waals surface area contributed by atoms with E-state index in [1.807, 2.05) is 6.92 Å². The van der Waals surface area contributed by atoms with Crippen LogP contribution in [0.5, 0.6) is 5.75 Å². The van der Waals surface area contributed by atoms with Crippen molar-refractivity contribution < 1.29 is 30.4 Å². The second-order valence-corrected chi connectivity index (χ2v) is 10.4. The van der Waals surface area contributed by atoms with Crippen molar-refractivity contribution in [3.8, 4) is 5.75 Å². The minimum atomic E-state index is -4.28. The van der Waals surface area contributed by atoms with E-state index in [2.05, 4.69) is 4.72 Å². The topological polar surface area (TPSA) is 103 Å². The van der Waals surface area contributed by atoms with E-state index in [1.54, 1.807) is 12.1 Å². The second-order valence-electron chi connectivity index (χ2n) is 6.51. The molecule has 1 heterocycles. The Morgan fingerprint density at radius 3 is 2.37 bits per heavy atom. The van der Waals surface area contributed by atoms with E-state index in [0.29, 0.717) is 0 Å². The Hall–Kier alpha value is -2.69. The quantitative estimate of drug-likeness (QED) is 0.562. The highest BCUT2D eigenvalue weighted by molar-refractivity contribution is 7.92. The van der Waals surface area contributed by atoms with E-state index < -0.39 is 42.4 Å². The first-order chi connectivity index (χ1) is 14.1. The maximum absolute atomic E-state index is 13.6. The first kappa shape index (κ1) is 22.0. The molecule has 0 unspecified atom stereocenters. The number of hydrogen-bond donors (Lipinski definition) is 1. The van der Waals surface area contributed by atoms with Gasteiger partial charge < -0.3 is 9.15 Å². The van der Waals surface area contributed by atoms with Gasteiger partial charge in [0.25, 0.3) is 0 Å². The van der Waals surface area contributed by atoms with Crippen LogP contribution in [-0.4, -0.2) is 30.5 Å². The molecule has 2 aromatic carbocycles. The number of halogens is 1. The average molecular weight is 454 g/mol. The number of benzene rings is 2. The molecule has 0 bridgehead atoms. The second kappa shape index (κ2) is 8.58. The molecule has 1 N–H and O–H groups in total. The molecule has 0 amide bonds. The van der Waals surface area contributed by atoms with Crippen LogP contribution in [0, 0.1) is 12.7 Å². The highest BCUT2D eigenvalue weighted by Gasteiger charge is 2.33. The Kier molecular flexibility index (Phi) is 6.30. The van der Waals surface area contributed by atoms with Gasteiger partial charge in [-0.1, -0.05) is 17.7 Å². The van der Waals surface area contributed by atoms with Crippen LogP contribution < -0.4 is 9.46 Å². The van der Waals surface area contributed by atoms with Gasteiger partial charge in [0.05, 0.1) is 18.3 Å². The van der Waals surface area contributed by atoms with Crippen molar-refractivity contribution >= 4 is 19.9 Å². The molecular formula is C20H20FNO6S2. The first-order valence-electron chi connectivity index (χ1n) is 8.82. The van der Waals surface area contributed by atoms with Crippen LogP contribution in [0.2, 0.25) is 0 Å². The van der Waals surface area contributed by atoms with Crippen LogP contribution in [0.1, 0.15) is 16.6 Å². The molecule has 1 atom stereocenters. The number of sulfone groups is 1. The van der Waals surface area contributed by atoms with E-state index in [-0.39, 0.29) is 16.4 Å². The molecule has 0 fully saturated rings. The van der Waals surface area contributed by atoms with Gasteiger partial charge in [-0.3, -0.25) is 0 Å². The number of sulfonamides is 1. The molecule has 0 saturated heterocycles. The molecule has 0 aliphatic rings. The third-order valence-corrected chi connectivity index (χ3v) is 7.98. The molecule has 0 radical (unpaired) electrons. The van der Waals surface area contributed by atoms with Crippen LogP contribution in [0.25, 0.3) is 0 Å². The van der Waals surface area contributed by atoms with Crippen molar-refractivity contribution in [3.05, 3.63) is 78.0 Å². The molecule has 30 heavy (non-hydrogen) atoms. The zero-order chi connectivity index (χ0) is 21.9. The van der Waals surface area contributed by atoms with Crippen LogP contribution in [0.4, 0.5) is 4.39 Å². The average Bonchev–Trinajstić information content (AvgIpc) is 3.22. The molecule has 10 heteroatoms. The minimum Gasteiger partial charge on any atom is -0.495 e. The van der Waals surface area contributed by atoms with E-state index in [1.165, 1.54) is 43.7 Å². The van der Waals surface area contributed by atoms with Crippen LogP contribution in [-0.2, 0) is 19.9 Å². The summed E-state index contributed by atoms with van der Waals surface area (Å²) < 4.78 is 78.0. The van der Waals surface area contributed by atoms with E-state index in [9.17, 15) is 21.2 Å². The Balaban J connectivity index is 1.96. The monoisotopic (exact) mass is 453 g/mol. The van der Waals surface area contributed by atoms with Crippen molar-refractivity contribution in [2.45, 2.75) is 22.0 Å². The number of nitrogens with one attached hydrogen (secondary N) is 1. The lowest BCUT2D eigenvalue weighted by Crippen LogP contribution is -2.32. The Labute approximate surface area is 174 Å². The summed E-state index contributed by atoms with van der Waals surface area (Å²) in [7, 11) is -7.03. The lowest BCUT2D eigenvalue weighted by atomic mass is 10.2. The van der Waals surface area contributed by atoms with E-state index in [4.69, 9.17) is 9.15 Å². The largest absolute Gasteiger partial charge is 0.495 e. The number of hydrogen-bond acceptors (Lipinski definition) is 6. The number of ether oxygens (including phenoxy) is 1. The first-order valence-corrected chi connectivity index (χ1v) is 11.9. The maximum atomic E-state index is 13.6. The third-order valence-electron chi connectivity index (χ3n) is 4.46. The SMILES string of the molecule is COc1ccc(F)cc1S(=O)(=O)NC[C@@H](c1ccco1)S(=O)(=O)c1ccc(C)cc1. The van der Waals surface area contributed by atoms with Gasteiger partial charge in [0.15, 0.2) is 9.84 Å². The fourth-order valence-electron chi connectivity index (χ4n) is 2.85. The van der Waals surface area contributed by atoms with Gasteiger partial charge in [0, 0.05) is 6.54 Å². The van der Waals surface area contributed by atoms with Gasteiger partial charge in [0.2, 0.25) is 10.0 Å². The minimum absolute atomic E-state index is 0.0250. The zero-order valence-electron chi connectivity index (χ0n) is 16.2. The highest BCUT2D eigenvalue weighted by Crippen LogP contribution is 2.30. The summed E-state index contributed by atoms with van der Waals surface area (Å²) in [5.41, 5.74) is 0.877. The Morgan fingerprint density at radius 1 is 1.07 bits per heavy atom. The Bertz CT molecular complexity index is 1220. The molecule has 160 valence electrons. The summed E-state index contributed by atoms with van der Waals surface area (Å²) in [6.07, 6.45) is 1.30. The normalized spacial score (nSPS) is 13.2. The fraction of sp³-hybridized carbons (Fsp3) is 0.200. The van der Waals surface area contributed by atoms with Crippen molar-refractivity contribution in [1.82, 2.24) is 4.72 Å². The predicted molar refractivity (Wildman–Crippen MR) is 108 cm³/mol. The number of rotatable bonds is 8. The fourth-order valence-corrected chi connectivity index (χ4v) is 5.77. The summed E-state index contributed by atoms with van der Waals surface area (Å²) in [5.74, 6) is -0.768. The number of furan rings is 1. The summed E-state index contributed by atoms with van der Waals surface area (Å²) in [6.45, 7) is 1.30. The molecule has 3 aromatic rings. The molecule has 1 aromatic heterocycles. The third kappa shape index (κ3) is 4.55. The number of aryl methyl sites for hydroxylation is 1. The number of methoxy groups -OCH3 is 1.